The second-order valence-electron chi connectivity index (χ2n) is 5.10. The molecule has 88 valence electrons. The molecule has 0 heterocycles. The van der Waals surface area contributed by atoms with Gasteiger partial charge in [0, 0.05) is 18.0 Å². The lowest BCUT2D eigenvalue weighted by Gasteiger charge is -2.30. The molecule has 0 bridgehead atoms. The molecule has 0 aliphatic heterocycles. The normalized spacial score (nSPS) is 28.9. The predicted octanol–water partition coefficient (Wildman–Crippen LogP) is 1.66. The van der Waals surface area contributed by atoms with Crippen LogP contribution in [-0.4, -0.2) is 18.0 Å². The molecule has 1 aliphatic rings. The van der Waals surface area contributed by atoms with Crippen molar-refractivity contribution in [2.24, 2.45) is 17.6 Å². The second-order valence-corrected chi connectivity index (χ2v) is 5.10. The van der Waals surface area contributed by atoms with Crippen LogP contribution in [-0.2, 0) is 4.79 Å². The maximum absolute atomic E-state index is 11.8. The third-order valence-electron chi connectivity index (χ3n) is 3.56. The zero-order chi connectivity index (χ0) is 11.4. The summed E-state index contributed by atoms with van der Waals surface area (Å²) in [6.07, 6.45) is 4.47. The lowest BCUT2D eigenvalue weighted by Crippen LogP contribution is -2.51. The van der Waals surface area contributed by atoms with E-state index in [1.165, 1.54) is 12.8 Å². The predicted molar refractivity (Wildman–Crippen MR) is 62.4 cm³/mol. The second kappa shape index (κ2) is 5.50. The van der Waals surface area contributed by atoms with Crippen molar-refractivity contribution in [3.05, 3.63) is 0 Å². The summed E-state index contributed by atoms with van der Waals surface area (Å²) in [5.41, 5.74) is 5.99. The Morgan fingerprint density at radius 2 is 1.87 bits per heavy atom. The molecule has 0 saturated heterocycles. The number of rotatable bonds is 3. The van der Waals surface area contributed by atoms with E-state index >= 15 is 0 Å². The van der Waals surface area contributed by atoms with Crippen LogP contribution in [0.25, 0.3) is 0 Å². The molecule has 3 nitrogen and oxygen atoms in total. The minimum Gasteiger partial charge on any atom is -0.352 e. The van der Waals surface area contributed by atoms with Crippen molar-refractivity contribution in [1.29, 1.82) is 0 Å². The topological polar surface area (TPSA) is 55.1 Å². The highest BCUT2D eigenvalue weighted by Crippen LogP contribution is 2.18. The number of nitrogens with one attached hydrogen (secondary N) is 1. The van der Waals surface area contributed by atoms with Crippen LogP contribution < -0.4 is 11.1 Å². The zero-order valence-electron chi connectivity index (χ0n) is 10.1. The fourth-order valence-electron chi connectivity index (χ4n) is 1.96. The van der Waals surface area contributed by atoms with Gasteiger partial charge in [0.05, 0.1) is 0 Å². The van der Waals surface area contributed by atoms with E-state index in [-0.39, 0.29) is 23.9 Å². The van der Waals surface area contributed by atoms with Gasteiger partial charge < -0.3 is 11.1 Å². The fraction of sp³-hybridized carbons (Fsp3) is 0.917. The Morgan fingerprint density at radius 3 is 2.40 bits per heavy atom. The summed E-state index contributed by atoms with van der Waals surface area (Å²) in [6.45, 7) is 6.13. The molecule has 15 heavy (non-hydrogen) atoms. The van der Waals surface area contributed by atoms with Crippen molar-refractivity contribution in [3.63, 3.8) is 0 Å². The quantitative estimate of drug-likeness (QED) is 0.747. The third kappa shape index (κ3) is 3.49. The smallest absolute Gasteiger partial charge is 0.223 e. The van der Waals surface area contributed by atoms with Gasteiger partial charge in [-0.15, -0.1) is 0 Å². The van der Waals surface area contributed by atoms with E-state index in [9.17, 15) is 4.79 Å². The summed E-state index contributed by atoms with van der Waals surface area (Å²) in [7, 11) is 0. The molecule has 1 amide bonds. The van der Waals surface area contributed by atoms with Gasteiger partial charge in [-0.2, -0.15) is 0 Å². The average Bonchev–Trinajstić information content (AvgIpc) is 2.20. The first-order valence-electron chi connectivity index (χ1n) is 6.08. The van der Waals surface area contributed by atoms with Crippen LogP contribution in [0, 0.1) is 11.8 Å². The van der Waals surface area contributed by atoms with Crippen molar-refractivity contribution < 1.29 is 4.79 Å². The van der Waals surface area contributed by atoms with Crippen LogP contribution in [0.4, 0.5) is 0 Å². The van der Waals surface area contributed by atoms with Gasteiger partial charge in [0.1, 0.15) is 0 Å². The standard InChI is InChI=1S/C12H24N2O/c1-8(2)9(3)12(15)14-11-7-5-4-6-10(11)13/h8-11H,4-7,13H2,1-3H3,(H,14,15). The Balaban J connectivity index is 2.42. The molecule has 0 aromatic heterocycles. The number of carbonyl (C=O) groups excluding carboxylic acids is 1. The largest absolute Gasteiger partial charge is 0.352 e. The van der Waals surface area contributed by atoms with E-state index < -0.39 is 0 Å². The molecule has 3 N–H and O–H groups in total. The molecule has 1 saturated carbocycles. The van der Waals surface area contributed by atoms with Crippen molar-refractivity contribution in [3.8, 4) is 0 Å². The molecule has 0 spiro atoms. The van der Waals surface area contributed by atoms with Crippen LogP contribution >= 0.6 is 0 Å². The minimum atomic E-state index is 0.0825. The lowest BCUT2D eigenvalue weighted by molar-refractivity contribution is -0.126. The molecule has 1 aliphatic carbocycles. The lowest BCUT2D eigenvalue weighted by atomic mass is 9.89. The van der Waals surface area contributed by atoms with E-state index in [2.05, 4.69) is 19.2 Å². The maximum Gasteiger partial charge on any atom is 0.223 e. The Kier molecular flexibility index (Phi) is 4.58. The summed E-state index contributed by atoms with van der Waals surface area (Å²) in [6, 6.07) is 0.356. The van der Waals surface area contributed by atoms with E-state index in [1.807, 2.05) is 6.92 Å². The van der Waals surface area contributed by atoms with Gasteiger partial charge in [0.25, 0.3) is 0 Å². The van der Waals surface area contributed by atoms with Gasteiger partial charge in [0.2, 0.25) is 5.91 Å². The van der Waals surface area contributed by atoms with Gasteiger partial charge in [-0.25, -0.2) is 0 Å². The number of carbonyl (C=O) groups is 1. The Morgan fingerprint density at radius 1 is 1.27 bits per heavy atom. The summed E-state index contributed by atoms with van der Waals surface area (Å²) in [4.78, 5) is 11.8. The van der Waals surface area contributed by atoms with Gasteiger partial charge >= 0.3 is 0 Å². The van der Waals surface area contributed by atoms with Crippen LogP contribution in [0.2, 0.25) is 0 Å². The Labute approximate surface area is 92.8 Å². The van der Waals surface area contributed by atoms with E-state index in [0.29, 0.717) is 5.92 Å². The Bertz CT molecular complexity index is 216. The first-order chi connectivity index (χ1) is 7.02. The fourth-order valence-corrected chi connectivity index (χ4v) is 1.96. The van der Waals surface area contributed by atoms with Crippen LogP contribution in [0.1, 0.15) is 46.5 Å². The summed E-state index contributed by atoms with van der Waals surface area (Å²) >= 11 is 0. The highest BCUT2D eigenvalue weighted by molar-refractivity contribution is 5.78. The number of hydrogen-bond donors (Lipinski definition) is 2. The van der Waals surface area contributed by atoms with E-state index in [1.54, 1.807) is 0 Å². The maximum atomic E-state index is 11.8. The summed E-state index contributed by atoms with van der Waals surface area (Å²) in [5.74, 6) is 0.635. The van der Waals surface area contributed by atoms with Gasteiger partial charge in [0.15, 0.2) is 0 Å². The van der Waals surface area contributed by atoms with Crippen LogP contribution in [0.3, 0.4) is 0 Å². The third-order valence-corrected chi connectivity index (χ3v) is 3.56. The van der Waals surface area contributed by atoms with Gasteiger partial charge in [-0.05, 0) is 18.8 Å². The molecule has 0 radical (unpaired) electrons. The first kappa shape index (κ1) is 12.5. The molecule has 3 atom stereocenters. The number of nitrogens with two attached hydrogens (primary N) is 1. The van der Waals surface area contributed by atoms with Crippen molar-refractivity contribution >= 4 is 5.91 Å². The highest BCUT2D eigenvalue weighted by atomic mass is 16.1. The van der Waals surface area contributed by atoms with Gasteiger partial charge in [-0.3, -0.25) is 4.79 Å². The van der Waals surface area contributed by atoms with E-state index in [0.717, 1.165) is 12.8 Å². The number of hydrogen-bond acceptors (Lipinski definition) is 2. The highest BCUT2D eigenvalue weighted by Gasteiger charge is 2.25. The first-order valence-corrected chi connectivity index (χ1v) is 6.08. The SMILES string of the molecule is CC(C)C(C)C(=O)NC1CCCCC1N. The van der Waals surface area contributed by atoms with Crippen molar-refractivity contribution in [1.82, 2.24) is 5.32 Å². The zero-order valence-corrected chi connectivity index (χ0v) is 10.1. The molecule has 3 heteroatoms. The molecular weight excluding hydrogens is 188 g/mol. The molecule has 0 aromatic rings. The number of amides is 1. The molecule has 0 aromatic carbocycles. The van der Waals surface area contributed by atoms with E-state index in [4.69, 9.17) is 5.73 Å². The monoisotopic (exact) mass is 212 g/mol. The minimum absolute atomic E-state index is 0.0825. The molecule has 3 unspecified atom stereocenters. The van der Waals surface area contributed by atoms with Crippen molar-refractivity contribution in [2.45, 2.75) is 58.5 Å². The summed E-state index contributed by atoms with van der Waals surface area (Å²) < 4.78 is 0. The Hall–Kier alpha value is -0.570. The molecular formula is C12H24N2O. The van der Waals surface area contributed by atoms with Crippen LogP contribution in [0.15, 0.2) is 0 Å². The average molecular weight is 212 g/mol. The molecule has 1 rings (SSSR count). The molecule has 1 fully saturated rings. The van der Waals surface area contributed by atoms with Crippen molar-refractivity contribution in [2.75, 3.05) is 0 Å². The van der Waals surface area contributed by atoms with Crippen LogP contribution in [0.5, 0.6) is 0 Å². The van der Waals surface area contributed by atoms with Gasteiger partial charge in [-0.1, -0.05) is 33.6 Å². The summed E-state index contributed by atoms with van der Waals surface area (Å²) in [5, 5.41) is 3.09.